The molecule has 4 nitrogen and oxygen atoms in total. The third kappa shape index (κ3) is 2.77. The van der Waals surface area contributed by atoms with Crippen molar-refractivity contribution in [1.82, 2.24) is 10.2 Å². The van der Waals surface area contributed by atoms with Crippen LogP contribution in [-0.2, 0) is 16.1 Å². The molecular formula is C16H19ClN2O2. The van der Waals surface area contributed by atoms with Crippen LogP contribution >= 0.6 is 11.6 Å². The average molecular weight is 307 g/mol. The highest BCUT2D eigenvalue weighted by Crippen LogP contribution is 2.41. The summed E-state index contributed by atoms with van der Waals surface area (Å²) in [6.07, 6.45) is 2.35. The van der Waals surface area contributed by atoms with Gasteiger partial charge >= 0.3 is 0 Å². The second-order valence-corrected chi connectivity index (χ2v) is 6.50. The van der Waals surface area contributed by atoms with E-state index in [-0.39, 0.29) is 17.7 Å². The second kappa shape index (κ2) is 5.34. The van der Waals surface area contributed by atoms with Crippen LogP contribution in [-0.4, -0.2) is 28.8 Å². The molecule has 1 aromatic carbocycles. The van der Waals surface area contributed by atoms with Crippen LogP contribution in [0.1, 0.15) is 31.7 Å². The first kappa shape index (κ1) is 14.4. The molecule has 21 heavy (non-hydrogen) atoms. The topological polar surface area (TPSA) is 49.4 Å². The van der Waals surface area contributed by atoms with Crippen LogP contribution in [0.5, 0.6) is 0 Å². The molecule has 1 aromatic rings. The zero-order valence-corrected chi connectivity index (χ0v) is 12.8. The van der Waals surface area contributed by atoms with Crippen LogP contribution in [0.4, 0.5) is 0 Å². The number of amides is 2. The number of carbonyl (C=O) groups excluding carboxylic acids is 2. The van der Waals surface area contributed by atoms with Crippen LogP contribution in [0.3, 0.4) is 0 Å². The van der Waals surface area contributed by atoms with E-state index in [9.17, 15) is 9.59 Å². The fourth-order valence-corrected chi connectivity index (χ4v) is 3.19. The molecule has 1 saturated carbocycles. The first-order valence-corrected chi connectivity index (χ1v) is 7.72. The Kier molecular flexibility index (Phi) is 3.66. The summed E-state index contributed by atoms with van der Waals surface area (Å²) in [6, 6.07) is 7.52. The predicted molar refractivity (Wildman–Crippen MR) is 80.8 cm³/mol. The largest absolute Gasteiger partial charge is 0.342 e. The molecule has 1 N–H and O–H groups in total. The smallest absolute Gasteiger partial charge is 0.248 e. The number of halogens is 1. The Hall–Kier alpha value is -1.55. The zero-order valence-electron chi connectivity index (χ0n) is 12.1. The van der Waals surface area contributed by atoms with E-state index in [1.165, 1.54) is 0 Å². The van der Waals surface area contributed by atoms with E-state index in [0.29, 0.717) is 24.5 Å². The lowest BCUT2D eigenvalue weighted by atomic mass is 9.94. The highest BCUT2D eigenvalue weighted by molar-refractivity contribution is 6.31. The van der Waals surface area contributed by atoms with E-state index < -0.39 is 5.54 Å². The van der Waals surface area contributed by atoms with Crippen molar-refractivity contribution in [2.45, 2.75) is 38.3 Å². The van der Waals surface area contributed by atoms with Crippen LogP contribution in [0, 0.1) is 5.92 Å². The molecule has 0 bridgehead atoms. The molecule has 112 valence electrons. The first-order chi connectivity index (χ1) is 10.0. The molecule has 1 saturated heterocycles. The van der Waals surface area contributed by atoms with Crippen molar-refractivity contribution >= 4 is 23.4 Å². The van der Waals surface area contributed by atoms with Crippen molar-refractivity contribution in [3.63, 3.8) is 0 Å². The molecule has 1 unspecified atom stereocenters. The number of hydrogen-bond acceptors (Lipinski definition) is 2. The minimum absolute atomic E-state index is 0.00997. The molecule has 1 aliphatic carbocycles. The molecule has 2 fully saturated rings. The Balaban J connectivity index is 1.85. The summed E-state index contributed by atoms with van der Waals surface area (Å²) in [5, 5.41) is 3.59. The van der Waals surface area contributed by atoms with E-state index in [2.05, 4.69) is 5.32 Å². The van der Waals surface area contributed by atoms with Crippen molar-refractivity contribution < 1.29 is 9.59 Å². The Bertz CT molecular complexity index is 585. The van der Waals surface area contributed by atoms with Crippen molar-refractivity contribution in [2.24, 2.45) is 5.92 Å². The van der Waals surface area contributed by atoms with E-state index in [4.69, 9.17) is 11.6 Å². The molecule has 0 aromatic heterocycles. The van der Waals surface area contributed by atoms with Gasteiger partial charge in [-0.15, -0.1) is 0 Å². The summed E-state index contributed by atoms with van der Waals surface area (Å²) in [5.41, 5.74) is 0.162. The highest BCUT2D eigenvalue weighted by atomic mass is 35.5. The fraction of sp³-hybridized carbons (Fsp3) is 0.500. The zero-order chi connectivity index (χ0) is 15.0. The van der Waals surface area contributed by atoms with Crippen molar-refractivity contribution in [3.8, 4) is 0 Å². The predicted octanol–water partition coefficient (Wildman–Crippen LogP) is 2.36. The molecule has 5 heteroatoms. The second-order valence-electron chi connectivity index (χ2n) is 6.09. The fourth-order valence-electron chi connectivity index (χ4n) is 2.99. The van der Waals surface area contributed by atoms with Crippen molar-refractivity contribution in [3.05, 3.63) is 34.9 Å². The molecule has 0 radical (unpaired) electrons. The third-order valence-electron chi connectivity index (χ3n) is 4.45. The van der Waals surface area contributed by atoms with Gasteiger partial charge in [-0.1, -0.05) is 29.8 Å². The third-order valence-corrected chi connectivity index (χ3v) is 4.82. The van der Waals surface area contributed by atoms with Crippen LogP contribution in [0.2, 0.25) is 5.02 Å². The maximum absolute atomic E-state index is 12.9. The quantitative estimate of drug-likeness (QED) is 0.932. The molecule has 2 amide bonds. The molecule has 1 atom stereocenters. The molecule has 1 aliphatic heterocycles. The van der Waals surface area contributed by atoms with E-state index in [0.717, 1.165) is 18.4 Å². The van der Waals surface area contributed by atoms with Gasteiger partial charge in [0.05, 0.1) is 0 Å². The average Bonchev–Trinajstić information content (AvgIpc) is 3.28. The van der Waals surface area contributed by atoms with Crippen LogP contribution < -0.4 is 5.32 Å². The van der Waals surface area contributed by atoms with E-state index in [1.54, 1.807) is 4.90 Å². The minimum Gasteiger partial charge on any atom is -0.342 e. The molecule has 2 aliphatic rings. The van der Waals surface area contributed by atoms with Gasteiger partial charge in [0.25, 0.3) is 0 Å². The number of carbonyl (C=O) groups is 2. The standard InChI is InChI=1S/C16H19ClN2O2/c1-16(12-6-7-12)15(21)19(9-8-14(20)18-16)10-11-4-2-3-5-13(11)17/h2-5,12H,6-10H2,1H3,(H,18,20). The lowest BCUT2D eigenvalue weighted by Gasteiger charge is -2.32. The van der Waals surface area contributed by atoms with Gasteiger partial charge in [-0.3, -0.25) is 9.59 Å². The summed E-state index contributed by atoms with van der Waals surface area (Å²) < 4.78 is 0. The Morgan fingerprint density at radius 2 is 2.05 bits per heavy atom. The van der Waals surface area contributed by atoms with Crippen molar-refractivity contribution in [1.29, 1.82) is 0 Å². The van der Waals surface area contributed by atoms with Crippen LogP contribution in [0.15, 0.2) is 24.3 Å². The highest BCUT2D eigenvalue weighted by Gasteiger charge is 2.51. The van der Waals surface area contributed by atoms with Gasteiger partial charge in [-0.25, -0.2) is 0 Å². The number of benzene rings is 1. The SMILES string of the molecule is CC1(C2CC2)NC(=O)CCN(Cc2ccccc2Cl)C1=O. The van der Waals surface area contributed by atoms with Gasteiger partial charge in [-0.2, -0.15) is 0 Å². The molecule has 1 heterocycles. The Morgan fingerprint density at radius 3 is 2.71 bits per heavy atom. The maximum Gasteiger partial charge on any atom is 0.248 e. The molecule has 3 rings (SSSR count). The molecular weight excluding hydrogens is 288 g/mol. The van der Waals surface area contributed by atoms with Gasteiger partial charge in [0.1, 0.15) is 5.54 Å². The van der Waals surface area contributed by atoms with Gasteiger partial charge in [0.15, 0.2) is 0 Å². The van der Waals surface area contributed by atoms with Gasteiger partial charge in [-0.05, 0) is 37.3 Å². The normalized spacial score (nSPS) is 26.5. The minimum atomic E-state index is -0.755. The number of hydrogen-bond donors (Lipinski definition) is 1. The lowest BCUT2D eigenvalue weighted by molar-refractivity contribution is -0.139. The van der Waals surface area contributed by atoms with Crippen molar-refractivity contribution in [2.75, 3.05) is 6.54 Å². The lowest BCUT2D eigenvalue weighted by Crippen LogP contribution is -2.56. The van der Waals surface area contributed by atoms with Gasteiger partial charge < -0.3 is 10.2 Å². The Labute approximate surface area is 129 Å². The molecule has 0 spiro atoms. The Morgan fingerprint density at radius 1 is 1.33 bits per heavy atom. The summed E-state index contributed by atoms with van der Waals surface area (Å²) in [5.74, 6) is 0.232. The summed E-state index contributed by atoms with van der Waals surface area (Å²) >= 11 is 6.19. The first-order valence-electron chi connectivity index (χ1n) is 7.34. The monoisotopic (exact) mass is 306 g/mol. The summed E-state index contributed by atoms with van der Waals surface area (Å²) in [6.45, 7) is 2.75. The number of nitrogens with one attached hydrogen (secondary N) is 1. The number of rotatable bonds is 3. The van der Waals surface area contributed by atoms with Crippen LogP contribution in [0.25, 0.3) is 0 Å². The number of nitrogens with zero attached hydrogens (tertiary/aromatic N) is 1. The van der Waals surface area contributed by atoms with E-state index >= 15 is 0 Å². The van der Waals surface area contributed by atoms with Gasteiger partial charge in [0.2, 0.25) is 11.8 Å². The maximum atomic E-state index is 12.9. The van der Waals surface area contributed by atoms with Gasteiger partial charge in [0, 0.05) is 24.5 Å². The van der Waals surface area contributed by atoms with E-state index in [1.807, 2.05) is 31.2 Å². The summed E-state index contributed by atoms with van der Waals surface area (Å²) in [4.78, 5) is 26.6. The summed E-state index contributed by atoms with van der Waals surface area (Å²) in [7, 11) is 0.